The Labute approximate surface area is 145 Å². The molecular formula is C22H26N2. The summed E-state index contributed by atoms with van der Waals surface area (Å²) in [6, 6.07) is 18.1. The van der Waals surface area contributed by atoms with E-state index in [4.69, 9.17) is 4.99 Å². The SMILES string of the molecule is c1ccc2c(c1)CCc1ccccc1C2NC1=NCCCCCC1. The summed E-state index contributed by atoms with van der Waals surface area (Å²) in [6.07, 6.45) is 8.46. The van der Waals surface area contributed by atoms with Crippen molar-refractivity contribution < 1.29 is 0 Å². The maximum Gasteiger partial charge on any atom is 0.0970 e. The summed E-state index contributed by atoms with van der Waals surface area (Å²) in [7, 11) is 0. The van der Waals surface area contributed by atoms with Crippen molar-refractivity contribution >= 4 is 5.84 Å². The molecule has 0 amide bonds. The smallest absolute Gasteiger partial charge is 0.0970 e. The molecule has 0 spiro atoms. The highest BCUT2D eigenvalue weighted by Crippen LogP contribution is 2.32. The van der Waals surface area contributed by atoms with Crippen molar-refractivity contribution in [3.05, 3.63) is 70.8 Å². The highest BCUT2D eigenvalue weighted by atomic mass is 15.0. The molecule has 124 valence electrons. The van der Waals surface area contributed by atoms with Gasteiger partial charge in [0.25, 0.3) is 0 Å². The minimum atomic E-state index is 0.234. The first kappa shape index (κ1) is 15.4. The molecule has 2 aromatic rings. The van der Waals surface area contributed by atoms with Crippen molar-refractivity contribution in [3.63, 3.8) is 0 Å². The summed E-state index contributed by atoms with van der Waals surface area (Å²) >= 11 is 0. The normalized spacial score (nSPS) is 18.4. The zero-order valence-electron chi connectivity index (χ0n) is 14.3. The van der Waals surface area contributed by atoms with E-state index in [1.165, 1.54) is 53.8 Å². The second kappa shape index (κ2) is 7.21. The van der Waals surface area contributed by atoms with Crippen LogP contribution >= 0.6 is 0 Å². The van der Waals surface area contributed by atoms with Crippen molar-refractivity contribution in [3.8, 4) is 0 Å². The molecular weight excluding hydrogens is 292 g/mol. The van der Waals surface area contributed by atoms with Crippen LogP contribution in [-0.2, 0) is 12.8 Å². The summed E-state index contributed by atoms with van der Waals surface area (Å²) < 4.78 is 0. The molecule has 2 aromatic carbocycles. The summed E-state index contributed by atoms with van der Waals surface area (Å²) in [5.74, 6) is 1.20. The highest BCUT2D eigenvalue weighted by Gasteiger charge is 2.24. The molecule has 0 aromatic heterocycles. The van der Waals surface area contributed by atoms with Gasteiger partial charge in [-0.25, -0.2) is 0 Å². The van der Waals surface area contributed by atoms with Gasteiger partial charge in [-0.2, -0.15) is 0 Å². The molecule has 2 nitrogen and oxygen atoms in total. The number of hydrogen-bond acceptors (Lipinski definition) is 2. The van der Waals surface area contributed by atoms with Gasteiger partial charge >= 0.3 is 0 Å². The van der Waals surface area contributed by atoms with E-state index >= 15 is 0 Å². The fraction of sp³-hybridized carbons (Fsp3) is 0.409. The zero-order chi connectivity index (χ0) is 16.2. The molecule has 0 saturated carbocycles. The predicted molar refractivity (Wildman–Crippen MR) is 101 cm³/mol. The van der Waals surface area contributed by atoms with Crippen LogP contribution in [0.25, 0.3) is 0 Å². The predicted octanol–water partition coefficient (Wildman–Crippen LogP) is 4.83. The molecule has 1 aliphatic heterocycles. The van der Waals surface area contributed by atoms with Gasteiger partial charge in [0, 0.05) is 13.0 Å². The second-order valence-electron chi connectivity index (χ2n) is 6.97. The number of nitrogens with one attached hydrogen (secondary N) is 1. The number of fused-ring (bicyclic) bond motifs is 2. The number of amidine groups is 1. The highest BCUT2D eigenvalue weighted by molar-refractivity contribution is 5.83. The standard InChI is InChI=1S/C22H26N2/c1-2-8-16-23-21(13-3-1)24-22-19-11-6-4-9-17(19)14-15-18-10-5-7-12-20(18)22/h4-7,9-12,22H,1-3,8,13-16H2,(H,23,24). The number of rotatable bonds is 1. The average molecular weight is 318 g/mol. The first-order valence-electron chi connectivity index (χ1n) is 9.37. The van der Waals surface area contributed by atoms with Crippen LogP contribution in [0.5, 0.6) is 0 Å². The van der Waals surface area contributed by atoms with Crippen molar-refractivity contribution in [1.82, 2.24) is 5.32 Å². The summed E-state index contributed by atoms with van der Waals surface area (Å²) in [4.78, 5) is 4.86. The van der Waals surface area contributed by atoms with Crippen LogP contribution in [0.3, 0.4) is 0 Å². The van der Waals surface area contributed by atoms with Crippen LogP contribution in [0.15, 0.2) is 53.5 Å². The first-order chi connectivity index (χ1) is 11.9. The second-order valence-corrected chi connectivity index (χ2v) is 6.97. The molecule has 4 rings (SSSR count). The van der Waals surface area contributed by atoms with Crippen molar-refractivity contribution in [1.29, 1.82) is 0 Å². The molecule has 0 saturated heterocycles. The van der Waals surface area contributed by atoms with Crippen LogP contribution in [0.2, 0.25) is 0 Å². The fourth-order valence-corrected chi connectivity index (χ4v) is 4.01. The Kier molecular flexibility index (Phi) is 4.64. The number of aryl methyl sites for hydroxylation is 2. The topological polar surface area (TPSA) is 24.4 Å². The molecule has 0 radical (unpaired) electrons. The minimum absolute atomic E-state index is 0.234. The van der Waals surface area contributed by atoms with Gasteiger partial charge in [-0.1, -0.05) is 61.4 Å². The van der Waals surface area contributed by atoms with E-state index < -0.39 is 0 Å². The van der Waals surface area contributed by atoms with Gasteiger partial charge in [0.05, 0.1) is 11.9 Å². The Morgan fingerprint density at radius 3 is 2.04 bits per heavy atom. The molecule has 24 heavy (non-hydrogen) atoms. The zero-order valence-corrected chi connectivity index (χ0v) is 14.3. The van der Waals surface area contributed by atoms with E-state index in [2.05, 4.69) is 53.8 Å². The van der Waals surface area contributed by atoms with Gasteiger partial charge in [0.2, 0.25) is 0 Å². The Balaban J connectivity index is 1.72. The Hall–Kier alpha value is -2.09. The summed E-state index contributed by atoms with van der Waals surface area (Å²) in [5, 5.41) is 3.83. The van der Waals surface area contributed by atoms with Gasteiger partial charge in [-0.15, -0.1) is 0 Å². The third-order valence-corrected chi connectivity index (χ3v) is 5.33. The molecule has 2 aliphatic rings. The van der Waals surface area contributed by atoms with E-state index in [0.29, 0.717) is 0 Å². The van der Waals surface area contributed by atoms with Crippen LogP contribution in [0, 0.1) is 0 Å². The number of aliphatic imine (C=N–C) groups is 1. The van der Waals surface area contributed by atoms with E-state index in [-0.39, 0.29) is 6.04 Å². The van der Waals surface area contributed by atoms with Gasteiger partial charge in [-0.05, 0) is 47.9 Å². The van der Waals surface area contributed by atoms with Crippen LogP contribution in [0.4, 0.5) is 0 Å². The molecule has 1 aliphatic carbocycles. The van der Waals surface area contributed by atoms with Crippen molar-refractivity contribution in [2.75, 3.05) is 6.54 Å². The largest absolute Gasteiger partial charge is 0.363 e. The van der Waals surface area contributed by atoms with Gasteiger partial charge in [-0.3, -0.25) is 4.99 Å². The lowest BCUT2D eigenvalue weighted by molar-refractivity contribution is 0.624. The Morgan fingerprint density at radius 2 is 1.33 bits per heavy atom. The van der Waals surface area contributed by atoms with E-state index in [9.17, 15) is 0 Å². The van der Waals surface area contributed by atoms with Crippen LogP contribution < -0.4 is 5.32 Å². The molecule has 2 heteroatoms. The molecule has 0 unspecified atom stereocenters. The van der Waals surface area contributed by atoms with Gasteiger partial charge in [0.15, 0.2) is 0 Å². The lowest BCUT2D eigenvalue weighted by Gasteiger charge is -2.24. The van der Waals surface area contributed by atoms with Gasteiger partial charge < -0.3 is 5.32 Å². The van der Waals surface area contributed by atoms with E-state index in [1.54, 1.807) is 0 Å². The summed E-state index contributed by atoms with van der Waals surface area (Å²) in [5.41, 5.74) is 5.79. The van der Waals surface area contributed by atoms with Crippen molar-refractivity contribution in [2.24, 2.45) is 4.99 Å². The van der Waals surface area contributed by atoms with Crippen LogP contribution in [0.1, 0.15) is 60.4 Å². The molecule has 1 heterocycles. The van der Waals surface area contributed by atoms with Crippen molar-refractivity contribution in [2.45, 2.75) is 51.0 Å². The quantitative estimate of drug-likeness (QED) is 0.800. The first-order valence-corrected chi connectivity index (χ1v) is 9.37. The van der Waals surface area contributed by atoms with E-state index in [0.717, 1.165) is 25.8 Å². The Bertz CT molecular complexity index is 685. The fourth-order valence-electron chi connectivity index (χ4n) is 4.01. The molecule has 1 N–H and O–H groups in total. The number of hydrogen-bond donors (Lipinski definition) is 1. The van der Waals surface area contributed by atoms with Gasteiger partial charge in [0.1, 0.15) is 0 Å². The average Bonchev–Trinajstić information content (AvgIpc) is 2.75. The number of nitrogens with zero attached hydrogens (tertiary/aromatic N) is 1. The number of benzene rings is 2. The Morgan fingerprint density at radius 1 is 0.708 bits per heavy atom. The summed E-state index contributed by atoms with van der Waals surface area (Å²) in [6.45, 7) is 0.971. The maximum absolute atomic E-state index is 4.86. The lowest BCUT2D eigenvalue weighted by atomic mass is 9.94. The van der Waals surface area contributed by atoms with Crippen LogP contribution in [-0.4, -0.2) is 12.4 Å². The van der Waals surface area contributed by atoms with E-state index in [1.807, 2.05) is 0 Å². The third-order valence-electron chi connectivity index (χ3n) is 5.33. The molecule has 0 atom stereocenters. The maximum atomic E-state index is 4.86. The third kappa shape index (κ3) is 3.24. The monoisotopic (exact) mass is 318 g/mol. The lowest BCUT2D eigenvalue weighted by Crippen LogP contribution is -2.30. The molecule has 0 fully saturated rings. The molecule has 0 bridgehead atoms. The minimum Gasteiger partial charge on any atom is -0.363 e.